The molecule has 6 rings (SSSR count). The second kappa shape index (κ2) is 11.0. The fraction of sp³-hybridized carbons (Fsp3) is 0.387. The maximum atomic E-state index is 13.6. The number of benzene rings is 3. The number of rotatable bonds is 10. The van der Waals surface area contributed by atoms with Crippen molar-refractivity contribution in [2.24, 2.45) is 5.92 Å². The molecule has 3 fully saturated rings. The van der Waals surface area contributed by atoms with Crippen LogP contribution in [0.2, 0.25) is 0 Å². The SMILES string of the molecule is O=C(OC1C[N+]2(CCCOCc3ccccc3)CCC1CC2)C(O)(c1ccccc1)c1ccccc1. The molecule has 3 aliphatic heterocycles. The minimum absolute atomic E-state index is 0.177. The van der Waals surface area contributed by atoms with Gasteiger partial charge in [0.15, 0.2) is 6.10 Å². The lowest BCUT2D eigenvalue weighted by atomic mass is 9.82. The van der Waals surface area contributed by atoms with Crippen LogP contribution in [0, 0.1) is 5.92 Å². The number of ether oxygens (including phenoxy) is 2. The van der Waals surface area contributed by atoms with Gasteiger partial charge in [0.05, 0.1) is 32.8 Å². The molecule has 0 radical (unpaired) electrons. The van der Waals surface area contributed by atoms with Crippen LogP contribution in [-0.4, -0.2) is 54.4 Å². The minimum atomic E-state index is -1.83. The molecule has 3 heterocycles. The topological polar surface area (TPSA) is 55.8 Å². The van der Waals surface area contributed by atoms with E-state index in [0.717, 1.165) is 56.5 Å². The molecule has 2 bridgehead atoms. The Morgan fingerprint density at radius 1 is 0.861 bits per heavy atom. The van der Waals surface area contributed by atoms with Gasteiger partial charge in [0.2, 0.25) is 5.60 Å². The number of hydrogen-bond donors (Lipinski definition) is 1. The molecule has 3 aliphatic rings. The number of hydrogen-bond acceptors (Lipinski definition) is 4. The lowest BCUT2D eigenvalue weighted by molar-refractivity contribution is -0.946. The van der Waals surface area contributed by atoms with Crippen molar-refractivity contribution in [2.45, 2.75) is 37.6 Å². The van der Waals surface area contributed by atoms with Crippen molar-refractivity contribution in [1.82, 2.24) is 0 Å². The Kier molecular flexibility index (Phi) is 7.51. The summed E-state index contributed by atoms with van der Waals surface area (Å²) in [5.41, 5.74) is 0.425. The van der Waals surface area contributed by atoms with Gasteiger partial charge in [-0.15, -0.1) is 0 Å². The van der Waals surface area contributed by atoms with Crippen LogP contribution in [0.5, 0.6) is 0 Å². The monoisotopic (exact) mass is 486 g/mol. The molecule has 5 nitrogen and oxygen atoms in total. The minimum Gasteiger partial charge on any atom is -0.453 e. The van der Waals surface area contributed by atoms with Crippen LogP contribution in [0.3, 0.4) is 0 Å². The van der Waals surface area contributed by atoms with Gasteiger partial charge in [-0.1, -0.05) is 91.0 Å². The van der Waals surface area contributed by atoms with E-state index in [0.29, 0.717) is 23.7 Å². The van der Waals surface area contributed by atoms with Crippen LogP contribution in [0.1, 0.15) is 36.0 Å². The normalized spacial score (nSPS) is 23.4. The van der Waals surface area contributed by atoms with E-state index in [1.807, 2.05) is 54.6 Å². The number of aliphatic hydroxyl groups is 1. The molecule has 1 unspecified atom stereocenters. The van der Waals surface area contributed by atoms with E-state index in [1.54, 1.807) is 24.3 Å². The highest BCUT2D eigenvalue weighted by molar-refractivity contribution is 5.85. The first-order valence-electron chi connectivity index (χ1n) is 13.1. The molecule has 188 valence electrons. The second-order valence-electron chi connectivity index (χ2n) is 10.3. The molecule has 0 spiro atoms. The molecule has 3 saturated heterocycles. The highest BCUT2D eigenvalue weighted by Gasteiger charge is 2.50. The zero-order chi connectivity index (χ0) is 24.8. The van der Waals surface area contributed by atoms with Crippen molar-refractivity contribution in [3.8, 4) is 0 Å². The lowest BCUT2D eigenvalue weighted by Crippen LogP contribution is -2.65. The van der Waals surface area contributed by atoms with E-state index in [4.69, 9.17) is 9.47 Å². The molecule has 1 N–H and O–H groups in total. The van der Waals surface area contributed by atoms with Gasteiger partial charge < -0.3 is 19.1 Å². The molecule has 1 atom stereocenters. The summed E-state index contributed by atoms with van der Waals surface area (Å²) in [6, 6.07) is 28.5. The molecule has 0 aromatic heterocycles. The molecule has 3 aromatic carbocycles. The summed E-state index contributed by atoms with van der Waals surface area (Å²) in [6.45, 7) is 5.45. The predicted octanol–water partition coefficient (Wildman–Crippen LogP) is 4.68. The average molecular weight is 487 g/mol. The molecule has 0 saturated carbocycles. The third-order valence-electron chi connectivity index (χ3n) is 8.01. The molecule has 0 aliphatic carbocycles. The Morgan fingerprint density at radius 3 is 2.00 bits per heavy atom. The predicted molar refractivity (Wildman–Crippen MR) is 139 cm³/mol. The Morgan fingerprint density at radius 2 is 1.42 bits per heavy atom. The van der Waals surface area contributed by atoms with Crippen LogP contribution in [0.4, 0.5) is 0 Å². The van der Waals surface area contributed by atoms with Gasteiger partial charge in [-0.25, -0.2) is 4.79 Å². The number of piperidine rings is 3. The van der Waals surface area contributed by atoms with E-state index < -0.39 is 11.6 Å². The summed E-state index contributed by atoms with van der Waals surface area (Å²) in [5, 5.41) is 11.8. The number of carbonyl (C=O) groups excluding carboxylic acids is 1. The number of quaternary nitrogens is 1. The third kappa shape index (κ3) is 5.24. The third-order valence-corrected chi connectivity index (χ3v) is 8.01. The first-order chi connectivity index (χ1) is 17.6. The second-order valence-corrected chi connectivity index (χ2v) is 10.3. The maximum Gasteiger partial charge on any atom is 0.348 e. The summed E-state index contributed by atoms with van der Waals surface area (Å²) in [6.07, 6.45) is 2.91. The van der Waals surface area contributed by atoms with Crippen molar-refractivity contribution in [2.75, 3.05) is 32.8 Å². The van der Waals surface area contributed by atoms with E-state index in [1.165, 1.54) is 5.56 Å². The van der Waals surface area contributed by atoms with Gasteiger partial charge in [0.1, 0.15) is 6.54 Å². The Labute approximate surface area is 213 Å². The van der Waals surface area contributed by atoms with Gasteiger partial charge in [0.25, 0.3) is 0 Å². The summed E-state index contributed by atoms with van der Waals surface area (Å²) in [7, 11) is 0. The molecular weight excluding hydrogens is 450 g/mol. The standard InChI is InChI=1S/C31H36NO4/c33-30(31(34,27-13-6-2-7-14-27)28-15-8-3-9-16-28)36-29-23-32(20-17-26(29)18-21-32)19-10-22-35-24-25-11-4-1-5-12-25/h1-9,11-16,26,29,34H,10,17-24H2/q+1. The molecule has 3 aromatic rings. The summed E-state index contributed by atoms with van der Waals surface area (Å²) < 4.78 is 13.1. The van der Waals surface area contributed by atoms with Crippen molar-refractivity contribution in [1.29, 1.82) is 0 Å². The summed E-state index contributed by atoms with van der Waals surface area (Å²) in [4.78, 5) is 13.6. The van der Waals surface area contributed by atoms with E-state index in [-0.39, 0.29) is 6.10 Å². The average Bonchev–Trinajstić information content (AvgIpc) is 2.94. The highest BCUT2D eigenvalue weighted by Crippen LogP contribution is 2.38. The van der Waals surface area contributed by atoms with Crippen molar-refractivity contribution in [3.63, 3.8) is 0 Å². The van der Waals surface area contributed by atoms with Crippen LogP contribution in [0.15, 0.2) is 91.0 Å². The lowest BCUT2D eigenvalue weighted by Gasteiger charge is -2.52. The fourth-order valence-electron chi connectivity index (χ4n) is 5.92. The van der Waals surface area contributed by atoms with Crippen molar-refractivity contribution >= 4 is 5.97 Å². The van der Waals surface area contributed by atoms with Crippen LogP contribution < -0.4 is 0 Å². The van der Waals surface area contributed by atoms with Gasteiger partial charge >= 0.3 is 5.97 Å². The van der Waals surface area contributed by atoms with Crippen LogP contribution >= 0.6 is 0 Å². The van der Waals surface area contributed by atoms with Crippen molar-refractivity contribution < 1.29 is 23.9 Å². The quantitative estimate of drug-likeness (QED) is 0.257. The zero-order valence-electron chi connectivity index (χ0n) is 20.8. The molecule has 36 heavy (non-hydrogen) atoms. The summed E-state index contributed by atoms with van der Waals surface area (Å²) >= 11 is 0. The number of nitrogens with zero attached hydrogens (tertiary/aromatic N) is 1. The maximum absolute atomic E-state index is 13.6. The Balaban J connectivity index is 1.23. The number of esters is 1. The van der Waals surface area contributed by atoms with E-state index >= 15 is 0 Å². The largest absolute Gasteiger partial charge is 0.453 e. The Hall–Kier alpha value is -2.99. The van der Waals surface area contributed by atoms with Gasteiger partial charge in [-0.2, -0.15) is 0 Å². The molecular formula is C31H36NO4+. The highest BCUT2D eigenvalue weighted by atomic mass is 16.6. The fourth-order valence-corrected chi connectivity index (χ4v) is 5.92. The van der Waals surface area contributed by atoms with E-state index in [9.17, 15) is 9.90 Å². The number of fused-ring (bicyclic) bond motifs is 3. The first kappa shape index (κ1) is 24.7. The van der Waals surface area contributed by atoms with Crippen LogP contribution in [0.25, 0.3) is 0 Å². The van der Waals surface area contributed by atoms with E-state index in [2.05, 4.69) is 12.1 Å². The Bertz CT molecular complexity index is 1070. The van der Waals surface area contributed by atoms with Crippen molar-refractivity contribution in [3.05, 3.63) is 108 Å². The van der Waals surface area contributed by atoms with Gasteiger partial charge in [-0.05, 0) is 16.7 Å². The number of carbonyl (C=O) groups is 1. The van der Waals surface area contributed by atoms with Crippen LogP contribution in [-0.2, 0) is 26.5 Å². The zero-order valence-corrected chi connectivity index (χ0v) is 20.8. The smallest absolute Gasteiger partial charge is 0.348 e. The first-order valence-corrected chi connectivity index (χ1v) is 13.1. The molecule has 0 amide bonds. The van der Waals surface area contributed by atoms with Gasteiger partial charge in [0, 0.05) is 25.2 Å². The van der Waals surface area contributed by atoms with Gasteiger partial charge in [-0.3, -0.25) is 0 Å². The summed E-state index contributed by atoms with van der Waals surface area (Å²) in [5.74, 6) is -0.220. The molecule has 5 heteroatoms.